The molecule has 0 aliphatic rings. The maximum Gasteiger partial charge on any atom is 0.245 e. The molecule has 1 heterocycles. The van der Waals surface area contributed by atoms with E-state index in [9.17, 15) is 4.79 Å². The van der Waals surface area contributed by atoms with Crippen molar-refractivity contribution in [3.63, 3.8) is 0 Å². The Morgan fingerprint density at radius 3 is 2.24 bits per heavy atom. The first kappa shape index (κ1) is 18.5. The molecule has 0 fully saturated rings. The second-order valence-electron chi connectivity index (χ2n) is 5.47. The SMILES string of the molecule is CCCN(CC(=O)Nc1c(OC)nc(C)nc1OC)c1ccccc1. The zero-order valence-corrected chi connectivity index (χ0v) is 15.1. The van der Waals surface area contributed by atoms with Crippen LogP contribution < -0.4 is 19.7 Å². The molecule has 7 nitrogen and oxygen atoms in total. The number of para-hydroxylation sites is 1. The second kappa shape index (κ2) is 8.86. The van der Waals surface area contributed by atoms with E-state index in [1.54, 1.807) is 6.92 Å². The van der Waals surface area contributed by atoms with Gasteiger partial charge in [0.25, 0.3) is 0 Å². The molecule has 0 spiro atoms. The molecule has 0 bridgehead atoms. The molecule has 0 aliphatic carbocycles. The molecule has 1 aromatic carbocycles. The van der Waals surface area contributed by atoms with Crippen LogP contribution in [0, 0.1) is 6.92 Å². The first-order valence-corrected chi connectivity index (χ1v) is 8.15. The average molecular weight is 344 g/mol. The van der Waals surface area contributed by atoms with Gasteiger partial charge in [0.2, 0.25) is 17.7 Å². The van der Waals surface area contributed by atoms with Gasteiger partial charge in [-0.2, -0.15) is 9.97 Å². The topological polar surface area (TPSA) is 76.6 Å². The molecule has 7 heteroatoms. The van der Waals surface area contributed by atoms with Gasteiger partial charge in [-0.25, -0.2) is 0 Å². The monoisotopic (exact) mass is 344 g/mol. The van der Waals surface area contributed by atoms with Crippen molar-refractivity contribution in [3.8, 4) is 11.8 Å². The first-order chi connectivity index (χ1) is 12.1. The van der Waals surface area contributed by atoms with Gasteiger partial charge < -0.3 is 19.7 Å². The van der Waals surface area contributed by atoms with Crippen LogP contribution in [0.15, 0.2) is 30.3 Å². The van der Waals surface area contributed by atoms with Gasteiger partial charge in [0.05, 0.1) is 20.8 Å². The maximum absolute atomic E-state index is 12.6. The molecule has 0 radical (unpaired) electrons. The van der Waals surface area contributed by atoms with E-state index in [1.165, 1.54) is 14.2 Å². The Morgan fingerprint density at radius 2 is 1.72 bits per heavy atom. The van der Waals surface area contributed by atoms with E-state index in [4.69, 9.17) is 9.47 Å². The van der Waals surface area contributed by atoms with Gasteiger partial charge >= 0.3 is 0 Å². The summed E-state index contributed by atoms with van der Waals surface area (Å²) in [5.41, 5.74) is 1.34. The molecule has 134 valence electrons. The average Bonchev–Trinajstić information content (AvgIpc) is 2.63. The molecular weight excluding hydrogens is 320 g/mol. The van der Waals surface area contributed by atoms with Crippen molar-refractivity contribution in [2.45, 2.75) is 20.3 Å². The fourth-order valence-corrected chi connectivity index (χ4v) is 2.49. The summed E-state index contributed by atoms with van der Waals surface area (Å²) in [7, 11) is 2.98. The van der Waals surface area contributed by atoms with Gasteiger partial charge in [0, 0.05) is 12.2 Å². The molecular formula is C18H24N4O3. The highest BCUT2D eigenvalue weighted by Crippen LogP contribution is 2.31. The molecule has 0 aliphatic heterocycles. The normalized spacial score (nSPS) is 10.2. The van der Waals surface area contributed by atoms with Crippen molar-refractivity contribution in [1.29, 1.82) is 0 Å². The van der Waals surface area contributed by atoms with Crippen molar-refractivity contribution in [2.24, 2.45) is 0 Å². The van der Waals surface area contributed by atoms with Crippen LogP contribution in [0.1, 0.15) is 19.2 Å². The number of methoxy groups -OCH3 is 2. The highest BCUT2D eigenvalue weighted by molar-refractivity contribution is 5.96. The number of nitrogens with zero attached hydrogens (tertiary/aromatic N) is 3. The predicted molar refractivity (Wildman–Crippen MR) is 97.4 cm³/mol. The Morgan fingerprint density at radius 1 is 1.12 bits per heavy atom. The summed E-state index contributed by atoms with van der Waals surface area (Å²) in [4.78, 5) is 23.0. The molecule has 2 rings (SSSR count). The molecule has 1 amide bonds. The fraction of sp³-hybridized carbons (Fsp3) is 0.389. The summed E-state index contributed by atoms with van der Waals surface area (Å²) < 4.78 is 10.5. The van der Waals surface area contributed by atoms with Crippen LogP contribution in [0.25, 0.3) is 0 Å². The standard InChI is InChI=1S/C18H24N4O3/c1-5-11-22(14-9-7-6-8-10-14)12-15(23)21-16-17(24-3)19-13(2)20-18(16)25-4/h6-10H,5,11-12H2,1-4H3,(H,21,23). The Hall–Kier alpha value is -2.83. The lowest BCUT2D eigenvalue weighted by molar-refractivity contribution is -0.115. The van der Waals surface area contributed by atoms with E-state index >= 15 is 0 Å². The predicted octanol–water partition coefficient (Wildman–Crippen LogP) is 2.66. The molecule has 1 aromatic heterocycles. The number of aryl methyl sites for hydroxylation is 1. The van der Waals surface area contributed by atoms with Gasteiger partial charge in [-0.1, -0.05) is 25.1 Å². The lowest BCUT2D eigenvalue weighted by atomic mass is 10.2. The van der Waals surface area contributed by atoms with Crippen LogP contribution in [0.5, 0.6) is 11.8 Å². The summed E-state index contributed by atoms with van der Waals surface area (Å²) >= 11 is 0. The number of hydrogen-bond donors (Lipinski definition) is 1. The Labute approximate surface area is 148 Å². The van der Waals surface area contributed by atoms with Crippen LogP contribution in [0.2, 0.25) is 0 Å². The minimum Gasteiger partial charge on any atom is -0.479 e. The molecule has 0 saturated heterocycles. The zero-order chi connectivity index (χ0) is 18.2. The molecule has 1 N–H and O–H groups in total. The largest absolute Gasteiger partial charge is 0.479 e. The smallest absolute Gasteiger partial charge is 0.245 e. The van der Waals surface area contributed by atoms with Gasteiger partial charge in [0.1, 0.15) is 5.82 Å². The van der Waals surface area contributed by atoms with E-state index in [1.807, 2.05) is 35.2 Å². The molecule has 0 saturated carbocycles. The Balaban J connectivity index is 2.18. The number of hydrogen-bond acceptors (Lipinski definition) is 6. The van der Waals surface area contributed by atoms with Gasteiger partial charge in [-0.15, -0.1) is 0 Å². The van der Waals surface area contributed by atoms with Crippen molar-refractivity contribution < 1.29 is 14.3 Å². The van der Waals surface area contributed by atoms with Crippen LogP contribution in [-0.2, 0) is 4.79 Å². The lowest BCUT2D eigenvalue weighted by Gasteiger charge is -2.24. The van der Waals surface area contributed by atoms with Crippen molar-refractivity contribution in [3.05, 3.63) is 36.2 Å². The van der Waals surface area contributed by atoms with E-state index in [0.717, 1.165) is 18.7 Å². The quantitative estimate of drug-likeness (QED) is 0.793. The van der Waals surface area contributed by atoms with Crippen molar-refractivity contribution >= 4 is 17.3 Å². The molecule has 2 aromatic rings. The highest BCUT2D eigenvalue weighted by atomic mass is 16.5. The maximum atomic E-state index is 12.6. The number of nitrogens with one attached hydrogen (secondary N) is 1. The summed E-state index contributed by atoms with van der Waals surface area (Å²) in [6.07, 6.45) is 0.933. The summed E-state index contributed by atoms with van der Waals surface area (Å²) in [5, 5.41) is 2.81. The number of amides is 1. The summed E-state index contributed by atoms with van der Waals surface area (Å²) in [6.45, 7) is 4.79. The number of carbonyl (C=O) groups is 1. The number of rotatable bonds is 8. The Bertz CT molecular complexity index is 682. The number of ether oxygens (including phenoxy) is 2. The van der Waals surface area contributed by atoms with E-state index < -0.39 is 0 Å². The van der Waals surface area contributed by atoms with Gasteiger partial charge in [-0.05, 0) is 25.5 Å². The zero-order valence-electron chi connectivity index (χ0n) is 15.1. The second-order valence-corrected chi connectivity index (χ2v) is 5.47. The fourth-order valence-electron chi connectivity index (χ4n) is 2.49. The molecule has 0 atom stereocenters. The highest BCUT2D eigenvalue weighted by Gasteiger charge is 2.19. The lowest BCUT2D eigenvalue weighted by Crippen LogP contribution is -2.34. The van der Waals surface area contributed by atoms with Gasteiger partial charge in [-0.3, -0.25) is 4.79 Å². The van der Waals surface area contributed by atoms with E-state index in [2.05, 4.69) is 22.2 Å². The van der Waals surface area contributed by atoms with Crippen LogP contribution in [0.3, 0.4) is 0 Å². The number of carbonyl (C=O) groups excluding carboxylic acids is 1. The third-order valence-electron chi connectivity index (χ3n) is 3.55. The van der Waals surface area contributed by atoms with Crippen LogP contribution in [0.4, 0.5) is 11.4 Å². The van der Waals surface area contributed by atoms with Crippen molar-refractivity contribution in [1.82, 2.24) is 9.97 Å². The van der Waals surface area contributed by atoms with E-state index in [0.29, 0.717) is 11.5 Å². The molecule has 25 heavy (non-hydrogen) atoms. The van der Waals surface area contributed by atoms with Crippen molar-refractivity contribution in [2.75, 3.05) is 37.5 Å². The third-order valence-corrected chi connectivity index (χ3v) is 3.55. The third kappa shape index (κ3) is 4.82. The van der Waals surface area contributed by atoms with Gasteiger partial charge in [0.15, 0.2) is 5.69 Å². The van der Waals surface area contributed by atoms with E-state index in [-0.39, 0.29) is 24.2 Å². The Kier molecular flexibility index (Phi) is 6.56. The number of benzene rings is 1. The van der Waals surface area contributed by atoms with Crippen LogP contribution >= 0.6 is 0 Å². The summed E-state index contributed by atoms with van der Waals surface area (Å²) in [6, 6.07) is 9.83. The minimum atomic E-state index is -0.193. The first-order valence-electron chi connectivity index (χ1n) is 8.15. The summed E-state index contributed by atoms with van der Waals surface area (Å²) in [5.74, 6) is 0.865. The number of anilines is 2. The number of aromatic nitrogens is 2. The molecule has 0 unspecified atom stereocenters. The minimum absolute atomic E-state index is 0.193. The van der Waals surface area contributed by atoms with Crippen LogP contribution in [-0.4, -0.2) is 43.2 Å².